The summed E-state index contributed by atoms with van der Waals surface area (Å²) in [5, 5.41) is 4.56. The second-order valence-corrected chi connectivity index (χ2v) is 5.48. The van der Waals surface area contributed by atoms with Gasteiger partial charge in [0, 0.05) is 18.6 Å². The lowest BCUT2D eigenvalue weighted by molar-refractivity contribution is 0.287. The molecule has 3 unspecified atom stereocenters. The van der Waals surface area contributed by atoms with E-state index in [1.54, 1.807) is 0 Å². The highest BCUT2D eigenvalue weighted by Crippen LogP contribution is 2.34. The predicted octanol–water partition coefficient (Wildman–Crippen LogP) is 3.01. The molecule has 2 rings (SSSR count). The van der Waals surface area contributed by atoms with Crippen molar-refractivity contribution in [2.75, 3.05) is 0 Å². The van der Waals surface area contributed by atoms with Crippen LogP contribution in [0.15, 0.2) is 12.4 Å². The minimum absolute atomic E-state index is 0.362. The molecule has 0 bridgehead atoms. The Balaban J connectivity index is 1.98. The lowest BCUT2D eigenvalue weighted by Crippen LogP contribution is -2.25. The first-order valence-electron chi connectivity index (χ1n) is 5.76. The molecule has 0 spiro atoms. The monoisotopic (exact) mass is 226 g/mol. The van der Waals surface area contributed by atoms with Gasteiger partial charge in [-0.05, 0) is 43.1 Å². The van der Waals surface area contributed by atoms with Crippen LogP contribution >= 0.6 is 11.6 Å². The molecule has 0 radical (unpaired) electrons. The zero-order valence-electron chi connectivity index (χ0n) is 9.49. The highest BCUT2D eigenvalue weighted by Gasteiger charge is 2.27. The molecule has 1 fully saturated rings. The Bertz CT molecular complexity index is 321. The Labute approximate surface area is 96.6 Å². The molecule has 1 heterocycles. The molecule has 1 aliphatic rings. The zero-order valence-corrected chi connectivity index (χ0v) is 10.2. The van der Waals surface area contributed by atoms with Crippen molar-refractivity contribution in [3.63, 3.8) is 0 Å². The van der Waals surface area contributed by atoms with Crippen molar-refractivity contribution in [2.45, 2.75) is 38.0 Å². The zero-order chi connectivity index (χ0) is 10.8. The van der Waals surface area contributed by atoms with E-state index in [1.165, 1.54) is 24.8 Å². The van der Waals surface area contributed by atoms with Gasteiger partial charge in [0.05, 0.1) is 6.20 Å². The van der Waals surface area contributed by atoms with E-state index in [9.17, 15) is 0 Å². The van der Waals surface area contributed by atoms with E-state index in [1.807, 2.05) is 17.9 Å². The minimum atomic E-state index is 0.362. The van der Waals surface area contributed by atoms with Crippen molar-refractivity contribution in [3.05, 3.63) is 18.0 Å². The van der Waals surface area contributed by atoms with Crippen LogP contribution in [0.5, 0.6) is 0 Å². The van der Waals surface area contributed by atoms with Gasteiger partial charge in [-0.1, -0.05) is 6.92 Å². The number of aromatic nitrogens is 2. The molecule has 1 aromatic rings. The molecule has 3 atom stereocenters. The maximum absolute atomic E-state index is 6.38. The first-order chi connectivity index (χ1) is 7.15. The largest absolute Gasteiger partial charge is 0.276 e. The Hall–Kier alpha value is -0.500. The van der Waals surface area contributed by atoms with Gasteiger partial charge in [0.25, 0.3) is 0 Å². The highest BCUT2D eigenvalue weighted by atomic mass is 35.5. The van der Waals surface area contributed by atoms with Crippen LogP contribution in [0.3, 0.4) is 0 Å². The number of alkyl halides is 1. The Morgan fingerprint density at radius 3 is 3.00 bits per heavy atom. The summed E-state index contributed by atoms with van der Waals surface area (Å²) in [7, 11) is 1.96. The van der Waals surface area contributed by atoms with E-state index in [4.69, 9.17) is 11.6 Å². The van der Waals surface area contributed by atoms with E-state index in [-0.39, 0.29) is 0 Å². The maximum atomic E-state index is 6.38. The first kappa shape index (κ1) is 11.0. The van der Waals surface area contributed by atoms with Crippen molar-refractivity contribution in [3.8, 4) is 0 Å². The number of nitrogens with zero attached hydrogens (tertiary/aromatic N) is 2. The molecule has 0 aliphatic heterocycles. The fraction of sp³-hybridized carbons (Fsp3) is 0.750. The molecule has 0 saturated heterocycles. The van der Waals surface area contributed by atoms with Gasteiger partial charge in [-0.3, -0.25) is 4.68 Å². The van der Waals surface area contributed by atoms with E-state index in [0.29, 0.717) is 11.3 Å². The fourth-order valence-electron chi connectivity index (χ4n) is 2.55. The maximum Gasteiger partial charge on any atom is 0.0521 e. The van der Waals surface area contributed by atoms with Crippen molar-refractivity contribution in [1.29, 1.82) is 0 Å². The Morgan fingerprint density at radius 2 is 2.33 bits per heavy atom. The quantitative estimate of drug-likeness (QED) is 0.709. The van der Waals surface area contributed by atoms with Gasteiger partial charge in [-0.2, -0.15) is 5.10 Å². The molecule has 1 aliphatic carbocycles. The fourth-order valence-corrected chi connectivity index (χ4v) is 2.87. The lowest BCUT2D eigenvalue weighted by atomic mass is 9.79. The van der Waals surface area contributed by atoms with Crippen LogP contribution < -0.4 is 0 Å². The van der Waals surface area contributed by atoms with Crippen LogP contribution in [0.2, 0.25) is 0 Å². The Morgan fingerprint density at radius 1 is 1.53 bits per heavy atom. The summed E-state index contributed by atoms with van der Waals surface area (Å²) in [4.78, 5) is 0. The molecule has 0 amide bonds. The SMILES string of the molecule is CC1CCC(Cl)C(Cc2cnn(C)c2)C1. The van der Waals surface area contributed by atoms with Crippen LogP contribution in [0.4, 0.5) is 0 Å². The molecule has 1 aromatic heterocycles. The van der Waals surface area contributed by atoms with Crippen LogP contribution in [0.1, 0.15) is 31.7 Å². The van der Waals surface area contributed by atoms with E-state index in [0.717, 1.165) is 12.3 Å². The molecule has 15 heavy (non-hydrogen) atoms. The number of aryl methyl sites for hydroxylation is 1. The first-order valence-corrected chi connectivity index (χ1v) is 6.20. The summed E-state index contributed by atoms with van der Waals surface area (Å²) in [6.07, 6.45) is 8.88. The van der Waals surface area contributed by atoms with E-state index >= 15 is 0 Å². The van der Waals surface area contributed by atoms with Crippen LogP contribution in [-0.2, 0) is 13.5 Å². The molecule has 1 saturated carbocycles. The van der Waals surface area contributed by atoms with E-state index in [2.05, 4.69) is 18.2 Å². The summed E-state index contributed by atoms with van der Waals surface area (Å²) in [6.45, 7) is 2.33. The highest BCUT2D eigenvalue weighted by molar-refractivity contribution is 6.20. The summed E-state index contributed by atoms with van der Waals surface area (Å²) >= 11 is 6.38. The van der Waals surface area contributed by atoms with Crippen molar-refractivity contribution < 1.29 is 0 Å². The Kier molecular flexibility index (Phi) is 3.35. The topological polar surface area (TPSA) is 17.8 Å². The van der Waals surface area contributed by atoms with Gasteiger partial charge >= 0.3 is 0 Å². The minimum Gasteiger partial charge on any atom is -0.276 e. The van der Waals surface area contributed by atoms with Gasteiger partial charge in [0.2, 0.25) is 0 Å². The van der Waals surface area contributed by atoms with Crippen molar-refractivity contribution in [1.82, 2.24) is 9.78 Å². The normalized spacial score (nSPS) is 31.8. The van der Waals surface area contributed by atoms with Crippen molar-refractivity contribution >= 4 is 11.6 Å². The number of halogens is 1. The second kappa shape index (κ2) is 4.56. The molecule has 0 N–H and O–H groups in total. The third-order valence-electron chi connectivity index (χ3n) is 3.41. The number of hydrogen-bond acceptors (Lipinski definition) is 1. The third kappa shape index (κ3) is 2.75. The summed E-state index contributed by atoms with van der Waals surface area (Å²) in [5.41, 5.74) is 1.32. The molecule has 0 aromatic carbocycles. The molecule has 2 nitrogen and oxygen atoms in total. The van der Waals surface area contributed by atoms with Gasteiger partial charge in [0.15, 0.2) is 0 Å². The summed E-state index contributed by atoms with van der Waals surface area (Å²) in [6, 6.07) is 0. The molecular weight excluding hydrogens is 208 g/mol. The van der Waals surface area contributed by atoms with Crippen LogP contribution in [0.25, 0.3) is 0 Å². The van der Waals surface area contributed by atoms with Gasteiger partial charge in [-0.25, -0.2) is 0 Å². The summed E-state index contributed by atoms with van der Waals surface area (Å²) < 4.78 is 1.87. The van der Waals surface area contributed by atoms with Crippen LogP contribution in [0, 0.1) is 11.8 Å². The van der Waals surface area contributed by atoms with Crippen molar-refractivity contribution in [2.24, 2.45) is 18.9 Å². The van der Waals surface area contributed by atoms with Gasteiger partial charge in [0.1, 0.15) is 0 Å². The molecule has 84 valence electrons. The third-order valence-corrected chi connectivity index (χ3v) is 3.98. The standard InChI is InChI=1S/C12H19ClN2/c1-9-3-4-12(13)11(5-9)6-10-7-14-15(2)8-10/h7-9,11-12H,3-6H2,1-2H3. The second-order valence-electron chi connectivity index (χ2n) is 4.92. The molecular formula is C12H19ClN2. The average molecular weight is 227 g/mol. The smallest absolute Gasteiger partial charge is 0.0521 e. The van der Waals surface area contributed by atoms with Crippen LogP contribution in [-0.4, -0.2) is 15.2 Å². The number of hydrogen-bond donors (Lipinski definition) is 0. The average Bonchev–Trinajstić information content (AvgIpc) is 2.58. The predicted molar refractivity (Wildman–Crippen MR) is 63.1 cm³/mol. The van der Waals surface area contributed by atoms with Gasteiger partial charge in [-0.15, -0.1) is 11.6 Å². The molecule has 3 heteroatoms. The van der Waals surface area contributed by atoms with E-state index < -0.39 is 0 Å². The number of rotatable bonds is 2. The van der Waals surface area contributed by atoms with Gasteiger partial charge < -0.3 is 0 Å². The summed E-state index contributed by atoms with van der Waals surface area (Å²) in [5.74, 6) is 1.47. The lowest BCUT2D eigenvalue weighted by Gasteiger charge is -2.30.